The molecule has 2 amide bonds. The summed E-state index contributed by atoms with van der Waals surface area (Å²) in [6.45, 7) is 4.11. The molecular formula is C20H23N3O3. The van der Waals surface area contributed by atoms with E-state index in [0.717, 1.165) is 13.0 Å². The predicted molar refractivity (Wildman–Crippen MR) is 99.2 cm³/mol. The van der Waals surface area contributed by atoms with Crippen LogP contribution < -0.4 is 16.2 Å². The third-order valence-corrected chi connectivity index (χ3v) is 4.81. The minimum absolute atomic E-state index is 0.00971. The number of carbonyl (C=O) groups excluding carboxylic acids is 2. The van der Waals surface area contributed by atoms with Crippen LogP contribution in [-0.4, -0.2) is 36.3 Å². The molecule has 136 valence electrons. The van der Waals surface area contributed by atoms with Crippen LogP contribution in [0.2, 0.25) is 0 Å². The van der Waals surface area contributed by atoms with Crippen LogP contribution in [0.1, 0.15) is 34.1 Å². The van der Waals surface area contributed by atoms with Crippen LogP contribution in [0.4, 0.5) is 0 Å². The summed E-state index contributed by atoms with van der Waals surface area (Å²) >= 11 is 0. The first-order chi connectivity index (χ1) is 12.4. The number of amides is 2. The maximum absolute atomic E-state index is 12.6. The van der Waals surface area contributed by atoms with Crippen LogP contribution in [0.3, 0.4) is 0 Å². The summed E-state index contributed by atoms with van der Waals surface area (Å²) < 4.78 is 5.73. The number of rotatable bonds is 5. The van der Waals surface area contributed by atoms with Crippen LogP contribution in [0, 0.1) is 5.41 Å². The van der Waals surface area contributed by atoms with Crippen molar-refractivity contribution in [1.82, 2.24) is 4.90 Å². The molecule has 26 heavy (non-hydrogen) atoms. The van der Waals surface area contributed by atoms with Crippen molar-refractivity contribution in [3.8, 4) is 11.5 Å². The highest BCUT2D eigenvalue weighted by Gasteiger charge is 2.35. The molecule has 6 heteroatoms. The molecule has 4 N–H and O–H groups in total. The maximum atomic E-state index is 12.6. The molecule has 0 aromatic heterocycles. The average molecular weight is 353 g/mol. The Bertz CT molecular complexity index is 802. The standard InChI is InChI=1S/C20H23N3O3/c1-20(12-21)10-11-23(13-20)19(25)15-4-8-17(9-5-15)26-16-6-2-14(3-7-16)18(22)24/h2-9H,10-13,21H2,1H3,(H2,22,24). The van der Waals surface area contributed by atoms with E-state index in [1.54, 1.807) is 48.5 Å². The molecule has 1 atom stereocenters. The van der Waals surface area contributed by atoms with Gasteiger partial charge in [-0.1, -0.05) is 6.92 Å². The van der Waals surface area contributed by atoms with Crippen LogP contribution in [-0.2, 0) is 0 Å². The van der Waals surface area contributed by atoms with Crippen LogP contribution in [0.25, 0.3) is 0 Å². The van der Waals surface area contributed by atoms with Gasteiger partial charge in [0, 0.05) is 24.2 Å². The third kappa shape index (κ3) is 3.86. The van der Waals surface area contributed by atoms with Gasteiger partial charge in [0.2, 0.25) is 5.91 Å². The number of likely N-dealkylation sites (tertiary alicyclic amines) is 1. The number of nitrogens with zero attached hydrogens (tertiary/aromatic N) is 1. The predicted octanol–water partition coefficient (Wildman–Crippen LogP) is 2.39. The van der Waals surface area contributed by atoms with E-state index in [1.807, 2.05) is 4.90 Å². The van der Waals surface area contributed by atoms with Gasteiger partial charge < -0.3 is 21.1 Å². The first-order valence-corrected chi connectivity index (χ1v) is 8.57. The minimum atomic E-state index is -0.480. The number of nitrogens with two attached hydrogens (primary N) is 2. The smallest absolute Gasteiger partial charge is 0.253 e. The molecule has 2 aromatic rings. The van der Waals surface area contributed by atoms with Gasteiger partial charge in [0.25, 0.3) is 5.91 Å². The van der Waals surface area contributed by atoms with E-state index < -0.39 is 5.91 Å². The molecule has 0 saturated carbocycles. The van der Waals surface area contributed by atoms with Crippen LogP contribution in [0.5, 0.6) is 11.5 Å². The second-order valence-electron chi connectivity index (χ2n) is 7.01. The third-order valence-electron chi connectivity index (χ3n) is 4.81. The molecular weight excluding hydrogens is 330 g/mol. The number of hydrogen-bond acceptors (Lipinski definition) is 4. The minimum Gasteiger partial charge on any atom is -0.457 e. The van der Waals surface area contributed by atoms with Gasteiger partial charge in [-0.25, -0.2) is 0 Å². The highest BCUT2D eigenvalue weighted by Crippen LogP contribution is 2.30. The monoisotopic (exact) mass is 353 g/mol. The number of carbonyl (C=O) groups is 2. The van der Waals surface area contributed by atoms with Gasteiger partial charge in [0.05, 0.1) is 0 Å². The van der Waals surface area contributed by atoms with E-state index in [-0.39, 0.29) is 11.3 Å². The molecule has 6 nitrogen and oxygen atoms in total. The Kier molecular flexibility index (Phi) is 4.95. The molecule has 1 aliphatic heterocycles. The SMILES string of the molecule is CC1(CN)CCN(C(=O)c2ccc(Oc3ccc(C(N)=O)cc3)cc2)C1. The Morgan fingerprint density at radius 1 is 1.04 bits per heavy atom. The lowest BCUT2D eigenvalue weighted by molar-refractivity contribution is 0.0776. The van der Waals surface area contributed by atoms with Crippen LogP contribution >= 0.6 is 0 Å². The van der Waals surface area contributed by atoms with E-state index in [0.29, 0.717) is 35.7 Å². The summed E-state index contributed by atoms with van der Waals surface area (Å²) in [5, 5.41) is 0. The molecule has 1 unspecified atom stereocenters. The molecule has 1 heterocycles. The quantitative estimate of drug-likeness (QED) is 0.862. The van der Waals surface area contributed by atoms with Crippen molar-refractivity contribution in [3.05, 3.63) is 59.7 Å². The van der Waals surface area contributed by atoms with Gasteiger partial charge in [-0.3, -0.25) is 9.59 Å². The zero-order valence-corrected chi connectivity index (χ0v) is 14.8. The maximum Gasteiger partial charge on any atom is 0.253 e. The van der Waals surface area contributed by atoms with E-state index in [4.69, 9.17) is 16.2 Å². The Hall–Kier alpha value is -2.86. The van der Waals surface area contributed by atoms with Crippen molar-refractivity contribution in [3.63, 3.8) is 0 Å². The number of ether oxygens (including phenoxy) is 1. The number of primary amides is 1. The molecule has 0 radical (unpaired) electrons. The Labute approximate surface area is 152 Å². The Morgan fingerprint density at radius 2 is 1.58 bits per heavy atom. The van der Waals surface area contributed by atoms with E-state index in [2.05, 4.69) is 6.92 Å². The van der Waals surface area contributed by atoms with E-state index >= 15 is 0 Å². The molecule has 0 spiro atoms. The fourth-order valence-corrected chi connectivity index (χ4v) is 3.04. The molecule has 0 bridgehead atoms. The van der Waals surface area contributed by atoms with E-state index in [1.165, 1.54) is 0 Å². The van der Waals surface area contributed by atoms with Crippen molar-refractivity contribution in [2.24, 2.45) is 16.9 Å². The average Bonchev–Trinajstić information content (AvgIpc) is 3.05. The van der Waals surface area contributed by atoms with Crippen molar-refractivity contribution in [2.45, 2.75) is 13.3 Å². The van der Waals surface area contributed by atoms with Gasteiger partial charge >= 0.3 is 0 Å². The zero-order chi connectivity index (χ0) is 18.7. The normalized spacial score (nSPS) is 19.4. The van der Waals surface area contributed by atoms with Gasteiger partial charge in [-0.05, 0) is 66.9 Å². The van der Waals surface area contributed by atoms with Gasteiger partial charge in [-0.15, -0.1) is 0 Å². The Balaban J connectivity index is 1.65. The molecule has 3 rings (SSSR count). The lowest BCUT2D eigenvalue weighted by Gasteiger charge is -2.22. The van der Waals surface area contributed by atoms with Crippen molar-refractivity contribution in [1.29, 1.82) is 0 Å². The summed E-state index contributed by atoms with van der Waals surface area (Å²) in [5.41, 5.74) is 12.1. The summed E-state index contributed by atoms with van der Waals surface area (Å²) in [5.74, 6) is 0.737. The highest BCUT2D eigenvalue weighted by atomic mass is 16.5. The molecule has 0 aliphatic carbocycles. The summed E-state index contributed by atoms with van der Waals surface area (Å²) in [6, 6.07) is 13.6. The van der Waals surface area contributed by atoms with Gasteiger partial charge in [0.1, 0.15) is 11.5 Å². The van der Waals surface area contributed by atoms with E-state index in [9.17, 15) is 9.59 Å². The second-order valence-corrected chi connectivity index (χ2v) is 7.01. The highest BCUT2D eigenvalue weighted by molar-refractivity contribution is 5.94. The summed E-state index contributed by atoms with van der Waals surface area (Å²) in [4.78, 5) is 25.6. The molecule has 1 aliphatic rings. The molecule has 1 saturated heterocycles. The molecule has 2 aromatic carbocycles. The largest absolute Gasteiger partial charge is 0.457 e. The summed E-state index contributed by atoms with van der Waals surface area (Å²) in [6.07, 6.45) is 0.928. The first-order valence-electron chi connectivity index (χ1n) is 8.57. The van der Waals surface area contributed by atoms with Crippen molar-refractivity contribution in [2.75, 3.05) is 19.6 Å². The fourth-order valence-electron chi connectivity index (χ4n) is 3.04. The van der Waals surface area contributed by atoms with Gasteiger partial charge in [-0.2, -0.15) is 0 Å². The topological polar surface area (TPSA) is 98.7 Å². The zero-order valence-electron chi connectivity index (χ0n) is 14.8. The Morgan fingerprint density at radius 3 is 2.04 bits per heavy atom. The molecule has 1 fully saturated rings. The van der Waals surface area contributed by atoms with Crippen molar-refractivity contribution < 1.29 is 14.3 Å². The van der Waals surface area contributed by atoms with Crippen molar-refractivity contribution >= 4 is 11.8 Å². The second kappa shape index (κ2) is 7.17. The van der Waals surface area contributed by atoms with Crippen LogP contribution in [0.15, 0.2) is 48.5 Å². The van der Waals surface area contributed by atoms with Gasteiger partial charge in [0.15, 0.2) is 0 Å². The summed E-state index contributed by atoms with van der Waals surface area (Å²) in [7, 11) is 0. The fraction of sp³-hybridized carbons (Fsp3) is 0.300. The first kappa shape index (κ1) is 17.9. The number of benzene rings is 2. The lowest BCUT2D eigenvalue weighted by atomic mass is 9.90. The lowest BCUT2D eigenvalue weighted by Crippen LogP contribution is -2.34. The number of hydrogen-bond donors (Lipinski definition) is 2.